The SMILES string of the molecule is Cc1ccc(C)c(CC(=O)NC(C)C(C)CN)c1. The van der Waals surface area contributed by atoms with E-state index in [4.69, 9.17) is 5.73 Å². The molecule has 0 fully saturated rings. The van der Waals surface area contributed by atoms with Gasteiger partial charge in [0.1, 0.15) is 0 Å². The van der Waals surface area contributed by atoms with Gasteiger partial charge in [0.15, 0.2) is 0 Å². The maximum absolute atomic E-state index is 12.0. The number of rotatable bonds is 5. The molecule has 1 aromatic carbocycles. The zero-order chi connectivity index (χ0) is 13.7. The predicted molar refractivity (Wildman–Crippen MR) is 75.4 cm³/mol. The number of hydrogen-bond acceptors (Lipinski definition) is 2. The topological polar surface area (TPSA) is 55.1 Å². The van der Waals surface area contributed by atoms with Crippen LogP contribution in [-0.4, -0.2) is 18.5 Å². The lowest BCUT2D eigenvalue weighted by Crippen LogP contribution is -2.40. The third-order valence-electron chi connectivity index (χ3n) is 3.47. The van der Waals surface area contributed by atoms with Crippen molar-refractivity contribution in [2.75, 3.05) is 6.54 Å². The molecule has 0 bridgehead atoms. The second-order valence-electron chi connectivity index (χ2n) is 5.18. The highest BCUT2D eigenvalue weighted by atomic mass is 16.1. The van der Waals surface area contributed by atoms with E-state index in [1.165, 1.54) is 5.56 Å². The van der Waals surface area contributed by atoms with Crippen LogP contribution in [0.1, 0.15) is 30.5 Å². The maximum atomic E-state index is 12.0. The van der Waals surface area contributed by atoms with Crippen LogP contribution in [0.3, 0.4) is 0 Å². The van der Waals surface area contributed by atoms with E-state index in [0.717, 1.165) is 11.1 Å². The molecule has 0 heterocycles. The Bertz CT molecular complexity index is 415. The van der Waals surface area contributed by atoms with Crippen molar-refractivity contribution in [3.05, 3.63) is 34.9 Å². The molecule has 1 amide bonds. The molecule has 2 atom stereocenters. The molecule has 18 heavy (non-hydrogen) atoms. The van der Waals surface area contributed by atoms with Gasteiger partial charge in [-0.05, 0) is 44.4 Å². The van der Waals surface area contributed by atoms with Crippen molar-refractivity contribution in [1.82, 2.24) is 5.32 Å². The standard InChI is InChI=1S/C15H24N2O/c1-10-5-6-11(2)14(7-10)8-15(18)17-13(4)12(3)9-16/h5-7,12-13H,8-9,16H2,1-4H3,(H,17,18). The Morgan fingerprint density at radius 2 is 2.00 bits per heavy atom. The summed E-state index contributed by atoms with van der Waals surface area (Å²) in [6.45, 7) is 8.71. The van der Waals surface area contributed by atoms with E-state index in [9.17, 15) is 4.79 Å². The van der Waals surface area contributed by atoms with Crippen molar-refractivity contribution >= 4 is 5.91 Å². The molecule has 0 saturated carbocycles. The minimum atomic E-state index is 0.0662. The van der Waals surface area contributed by atoms with Crippen LogP contribution in [0.5, 0.6) is 0 Å². The van der Waals surface area contributed by atoms with E-state index >= 15 is 0 Å². The summed E-state index contributed by atoms with van der Waals surface area (Å²) in [6, 6.07) is 6.32. The van der Waals surface area contributed by atoms with E-state index in [0.29, 0.717) is 18.9 Å². The van der Waals surface area contributed by atoms with Gasteiger partial charge in [-0.15, -0.1) is 0 Å². The Balaban J connectivity index is 2.62. The molecule has 100 valence electrons. The normalized spacial score (nSPS) is 14.1. The second kappa shape index (κ2) is 6.55. The summed E-state index contributed by atoms with van der Waals surface area (Å²) in [5.41, 5.74) is 9.04. The van der Waals surface area contributed by atoms with E-state index in [-0.39, 0.29) is 11.9 Å². The summed E-state index contributed by atoms with van der Waals surface area (Å²) in [5, 5.41) is 3.01. The Kier molecular flexibility index (Phi) is 5.35. The van der Waals surface area contributed by atoms with Gasteiger partial charge in [0.05, 0.1) is 6.42 Å². The van der Waals surface area contributed by atoms with Crippen molar-refractivity contribution in [2.45, 2.75) is 40.2 Å². The Hall–Kier alpha value is -1.35. The molecule has 0 saturated heterocycles. The monoisotopic (exact) mass is 248 g/mol. The maximum Gasteiger partial charge on any atom is 0.224 e. The van der Waals surface area contributed by atoms with E-state index in [1.807, 2.05) is 27.7 Å². The lowest BCUT2D eigenvalue weighted by atomic mass is 10.0. The van der Waals surface area contributed by atoms with Gasteiger partial charge in [0.25, 0.3) is 0 Å². The van der Waals surface area contributed by atoms with Crippen LogP contribution in [0, 0.1) is 19.8 Å². The number of aryl methyl sites for hydroxylation is 2. The summed E-state index contributed by atoms with van der Waals surface area (Å²) in [4.78, 5) is 12.0. The van der Waals surface area contributed by atoms with Gasteiger partial charge in [0, 0.05) is 6.04 Å². The number of nitrogens with two attached hydrogens (primary N) is 1. The molecule has 3 heteroatoms. The van der Waals surface area contributed by atoms with Gasteiger partial charge >= 0.3 is 0 Å². The van der Waals surface area contributed by atoms with E-state index < -0.39 is 0 Å². The quantitative estimate of drug-likeness (QED) is 0.836. The first kappa shape index (κ1) is 14.7. The van der Waals surface area contributed by atoms with Crippen LogP contribution in [-0.2, 0) is 11.2 Å². The first-order chi connectivity index (χ1) is 8.43. The molecule has 3 nitrogen and oxygen atoms in total. The molecule has 0 aliphatic heterocycles. The largest absolute Gasteiger partial charge is 0.353 e. The number of amides is 1. The zero-order valence-corrected chi connectivity index (χ0v) is 11.8. The Labute approximate surface area is 110 Å². The molecule has 0 radical (unpaired) electrons. The summed E-state index contributed by atoms with van der Waals surface area (Å²) in [5.74, 6) is 0.365. The van der Waals surface area contributed by atoms with Gasteiger partial charge < -0.3 is 11.1 Å². The van der Waals surface area contributed by atoms with E-state index in [2.05, 4.69) is 23.5 Å². The molecule has 1 aromatic rings. The minimum absolute atomic E-state index is 0.0662. The van der Waals surface area contributed by atoms with Crippen LogP contribution in [0.2, 0.25) is 0 Å². The third-order valence-corrected chi connectivity index (χ3v) is 3.47. The van der Waals surface area contributed by atoms with Crippen LogP contribution in [0.25, 0.3) is 0 Å². The first-order valence-electron chi connectivity index (χ1n) is 6.49. The second-order valence-corrected chi connectivity index (χ2v) is 5.18. The average molecular weight is 248 g/mol. The number of carbonyl (C=O) groups is 1. The lowest BCUT2D eigenvalue weighted by Gasteiger charge is -2.20. The summed E-state index contributed by atoms with van der Waals surface area (Å²) < 4.78 is 0. The fourth-order valence-corrected chi connectivity index (χ4v) is 1.82. The number of hydrogen-bond donors (Lipinski definition) is 2. The number of nitrogens with one attached hydrogen (secondary N) is 1. The van der Waals surface area contributed by atoms with Crippen molar-refractivity contribution in [3.63, 3.8) is 0 Å². The lowest BCUT2D eigenvalue weighted by molar-refractivity contribution is -0.121. The average Bonchev–Trinajstić information content (AvgIpc) is 2.32. The van der Waals surface area contributed by atoms with Gasteiger partial charge in [0.2, 0.25) is 5.91 Å². The van der Waals surface area contributed by atoms with Crippen molar-refractivity contribution in [2.24, 2.45) is 11.7 Å². The minimum Gasteiger partial charge on any atom is -0.353 e. The molecule has 1 rings (SSSR count). The van der Waals surface area contributed by atoms with Crippen molar-refractivity contribution < 1.29 is 4.79 Å². The van der Waals surface area contributed by atoms with Gasteiger partial charge in [-0.1, -0.05) is 30.7 Å². The Morgan fingerprint density at radius 1 is 1.33 bits per heavy atom. The molecule has 0 aliphatic rings. The van der Waals surface area contributed by atoms with Crippen LogP contribution in [0.4, 0.5) is 0 Å². The zero-order valence-electron chi connectivity index (χ0n) is 11.8. The Morgan fingerprint density at radius 3 is 2.61 bits per heavy atom. The highest BCUT2D eigenvalue weighted by Crippen LogP contribution is 2.11. The van der Waals surface area contributed by atoms with Crippen LogP contribution >= 0.6 is 0 Å². The highest BCUT2D eigenvalue weighted by Gasteiger charge is 2.14. The molecule has 3 N–H and O–H groups in total. The third kappa shape index (κ3) is 4.15. The fourth-order valence-electron chi connectivity index (χ4n) is 1.82. The van der Waals surface area contributed by atoms with Crippen molar-refractivity contribution in [1.29, 1.82) is 0 Å². The van der Waals surface area contributed by atoms with Crippen molar-refractivity contribution in [3.8, 4) is 0 Å². The highest BCUT2D eigenvalue weighted by molar-refractivity contribution is 5.79. The van der Waals surface area contributed by atoms with Crippen LogP contribution in [0.15, 0.2) is 18.2 Å². The summed E-state index contributed by atoms with van der Waals surface area (Å²) in [7, 11) is 0. The van der Waals surface area contributed by atoms with Gasteiger partial charge in [-0.3, -0.25) is 4.79 Å². The molecule has 0 spiro atoms. The summed E-state index contributed by atoms with van der Waals surface area (Å²) in [6.07, 6.45) is 0.440. The molecular formula is C15H24N2O. The number of carbonyl (C=O) groups excluding carboxylic acids is 1. The van der Waals surface area contributed by atoms with Gasteiger partial charge in [-0.25, -0.2) is 0 Å². The number of benzene rings is 1. The fraction of sp³-hybridized carbons (Fsp3) is 0.533. The van der Waals surface area contributed by atoms with Crippen LogP contribution < -0.4 is 11.1 Å². The molecular weight excluding hydrogens is 224 g/mol. The molecule has 0 aliphatic carbocycles. The van der Waals surface area contributed by atoms with E-state index in [1.54, 1.807) is 0 Å². The van der Waals surface area contributed by atoms with Gasteiger partial charge in [-0.2, -0.15) is 0 Å². The predicted octanol–water partition coefficient (Wildman–Crippen LogP) is 1.95. The first-order valence-corrected chi connectivity index (χ1v) is 6.49. The smallest absolute Gasteiger partial charge is 0.224 e. The molecule has 0 aromatic heterocycles. The molecule has 2 unspecified atom stereocenters. The summed E-state index contributed by atoms with van der Waals surface area (Å²) >= 11 is 0.